The number of rotatable bonds is 6. The molecule has 1 fully saturated rings. The van der Waals surface area contributed by atoms with Crippen LogP contribution in [0.5, 0.6) is 5.75 Å². The average molecular weight is 487 g/mol. The molecule has 3 aromatic rings. The van der Waals surface area contributed by atoms with E-state index in [1.165, 1.54) is 30.0 Å². The number of anilines is 2. The Kier molecular flexibility index (Phi) is 6.22. The van der Waals surface area contributed by atoms with Gasteiger partial charge in [-0.25, -0.2) is 5.01 Å². The largest absolute Gasteiger partial charge is 0.573 e. The smallest absolute Gasteiger partial charge is 0.406 e. The average Bonchev–Trinajstić information content (AvgIpc) is 3.47. The molecule has 0 saturated carbocycles. The normalized spacial score (nSPS) is 16.6. The van der Waals surface area contributed by atoms with Crippen LogP contribution in [-0.2, 0) is 6.54 Å². The Labute approximate surface area is 199 Å². The zero-order valence-corrected chi connectivity index (χ0v) is 18.9. The molecule has 0 unspecified atom stereocenters. The SMILES string of the molecule is CC1=CN(c2nc(-c3ccc(OC(F)(F)F)cc3)no2)NN1Cc1cccc(N2CCNCC2)c1. The maximum absolute atomic E-state index is 12.4. The van der Waals surface area contributed by atoms with Crippen molar-refractivity contribution >= 4 is 11.7 Å². The van der Waals surface area contributed by atoms with Gasteiger partial charge >= 0.3 is 12.4 Å². The fraction of sp³-hybridized carbons (Fsp3) is 0.304. The summed E-state index contributed by atoms with van der Waals surface area (Å²) < 4.78 is 46.3. The molecular weight excluding hydrogens is 463 g/mol. The zero-order chi connectivity index (χ0) is 24.4. The van der Waals surface area contributed by atoms with Gasteiger partial charge in [-0.2, -0.15) is 4.98 Å². The Morgan fingerprint density at radius 3 is 2.60 bits per heavy atom. The summed E-state index contributed by atoms with van der Waals surface area (Å²) in [6.45, 7) is 6.51. The first-order valence-corrected chi connectivity index (χ1v) is 11.1. The highest BCUT2D eigenvalue weighted by atomic mass is 19.4. The summed E-state index contributed by atoms with van der Waals surface area (Å²) in [5.41, 5.74) is 7.01. The lowest BCUT2D eigenvalue weighted by molar-refractivity contribution is -0.274. The summed E-state index contributed by atoms with van der Waals surface area (Å²) in [5.74, 6) is -0.0741. The van der Waals surface area contributed by atoms with Gasteiger partial charge in [-0.1, -0.05) is 17.3 Å². The van der Waals surface area contributed by atoms with Crippen LogP contribution in [0.25, 0.3) is 11.4 Å². The molecule has 1 aromatic heterocycles. The highest BCUT2D eigenvalue weighted by Crippen LogP contribution is 2.27. The number of allylic oxidation sites excluding steroid dienone is 1. The summed E-state index contributed by atoms with van der Waals surface area (Å²) in [6, 6.07) is 13.9. The predicted octanol–water partition coefficient (Wildman–Crippen LogP) is 3.65. The van der Waals surface area contributed by atoms with Crippen molar-refractivity contribution in [3.63, 3.8) is 0 Å². The Bertz CT molecular complexity index is 1190. The number of nitrogens with one attached hydrogen (secondary N) is 2. The Hall–Kier alpha value is -3.77. The first kappa shape index (κ1) is 23.0. The molecule has 2 aliphatic heterocycles. The Balaban J connectivity index is 1.23. The van der Waals surface area contributed by atoms with Crippen molar-refractivity contribution < 1.29 is 22.4 Å². The molecule has 35 heavy (non-hydrogen) atoms. The van der Waals surface area contributed by atoms with E-state index in [0.717, 1.165) is 37.4 Å². The highest BCUT2D eigenvalue weighted by molar-refractivity contribution is 5.57. The molecule has 0 atom stereocenters. The van der Waals surface area contributed by atoms with Crippen molar-refractivity contribution in [3.05, 3.63) is 66.0 Å². The number of hydrogen-bond donors (Lipinski definition) is 2. The minimum Gasteiger partial charge on any atom is -0.406 e. The Morgan fingerprint density at radius 2 is 1.86 bits per heavy atom. The molecule has 1 saturated heterocycles. The van der Waals surface area contributed by atoms with Crippen molar-refractivity contribution in [2.75, 3.05) is 36.1 Å². The zero-order valence-electron chi connectivity index (χ0n) is 18.9. The molecule has 2 aliphatic rings. The first-order chi connectivity index (χ1) is 16.8. The molecule has 3 heterocycles. The number of alkyl halides is 3. The van der Waals surface area contributed by atoms with Crippen LogP contribution in [0, 0.1) is 0 Å². The molecule has 5 rings (SSSR count). The molecule has 2 aromatic carbocycles. The number of hydrazine groups is 2. The lowest BCUT2D eigenvalue weighted by atomic mass is 10.1. The number of nitrogens with zero attached hydrogens (tertiary/aromatic N) is 5. The van der Waals surface area contributed by atoms with Crippen molar-refractivity contribution in [3.8, 4) is 17.1 Å². The van der Waals surface area contributed by atoms with Crippen LogP contribution in [0.4, 0.5) is 24.9 Å². The summed E-state index contributed by atoms with van der Waals surface area (Å²) in [4.78, 5) is 6.73. The lowest BCUT2D eigenvalue weighted by Gasteiger charge is -2.30. The van der Waals surface area contributed by atoms with Gasteiger partial charge in [0.1, 0.15) is 5.75 Å². The fourth-order valence-electron chi connectivity index (χ4n) is 3.95. The van der Waals surface area contributed by atoms with Gasteiger partial charge < -0.3 is 19.5 Å². The summed E-state index contributed by atoms with van der Waals surface area (Å²) in [6.07, 6.45) is -2.91. The number of aromatic nitrogens is 2. The van der Waals surface area contributed by atoms with E-state index < -0.39 is 6.36 Å². The van der Waals surface area contributed by atoms with E-state index in [1.54, 1.807) is 5.01 Å². The molecule has 0 radical (unpaired) electrons. The monoisotopic (exact) mass is 487 g/mol. The maximum Gasteiger partial charge on any atom is 0.573 e. The molecule has 0 aliphatic carbocycles. The quantitative estimate of drug-likeness (QED) is 0.542. The first-order valence-electron chi connectivity index (χ1n) is 11.1. The van der Waals surface area contributed by atoms with Crippen molar-refractivity contribution in [1.82, 2.24) is 26.0 Å². The third-order valence-electron chi connectivity index (χ3n) is 5.67. The topological polar surface area (TPSA) is 81.9 Å². The summed E-state index contributed by atoms with van der Waals surface area (Å²) in [5, 5.41) is 10.9. The van der Waals surface area contributed by atoms with Crippen molar-refractivity contribution in [1.29, 1.82) is 0 Å². The molecule has 12 heteroatoms. The van der Waals surface area contributed by atoms with E-state index in [4.69, 9.17) is 4.52 Å². The molecule has 0 spiro atoms. The molecule has 0 amide bonds. The molecule has 0 bridgehead atoms. The molecule has 184 valence electrons. The van der Waals surface area contributed by atoms with E-state index in [1.807, 2.05) is 18.1 Å². The number of halogens is 3. The van der Waals surface area contributed by atoms with Gasteiger partial charge in [-0.05, 0) is 48.9 Å². The van der Waals surface area contributed by atoms with Crippen LogP contribution >= 0.6 is 0 Å². The number of ether oxygens (including phenoxy) is 1. The molecular formula is C23H24F3N7O2. The van der Waals surface area contributed by atoms with Crippen LogP contribution < -0.4 is 25.5 Å². The molecule has 2 N–H and O–H groups in total. The summed E-state index contributed by atoms with van der Waals surface area (Å²) >= 11 is 0. The van der Waals surface area contributed by atoms with Crippen LogP contribution in [0.15, 0.2) is 65.0 Å². The number of benzene rings is 2. The highest BCUT2D eigenvalue weighted by Gasteiger charge is 2.31. The fourth-order valence-corrected chi connectivity index (χ4v) is 3.95. The Morgan fingerprint density at radius 1 is 1.09 bits per heavy atom. The van der Waals surface area contributed by atoms with Gasteiger partial charge in [0.15, 0.2) is 0 Å². The van der Waals surface area contributed by atoms with Gasteiger partial charge in [0.05, 0.1) is 6.54 Å². The number of hydrogen-bond acceptors (Lipinski definition) is 9. The van der Waals surface area contributed by atoms with Gasteiger partial charge in [0.25, 0.3) is 0 Å². The third kappa shape index (κ3) is 5.49. The predicted molar refractivity (Wildman–Crippen MR) is 123 cm³/mol. The van der Waals surface area contributed by atoms with Crippen LogP contribution in [0.1, 0.15) is 12.5 Å². The van der Waals surface area contributed by atoms with E-state index >= 15 is 0 Å². The minimum absolute atomic E-state index is 0.201. The second-order valence-corrected chi connectivity index (χ2v) is 8.21. The van der Waals surface area contributed by atoms with Gasteiger partial charge in [0.2, 0.25) is 5.82 Å². The maximum atomic E-state index is 12.4. The second kappa shape index (κ2) is 9.47. The standard InChI is InChI=1S/C23H24F3N7O2/c1-16-14-33(22-28-21(29-35-22)18-5-7-20(8-6-18)34-23(24,25)26)30-32(16)15-17-3-2-4-19(13-17)31-11-9-27-10-12-31/h2-8,13-14,27,30H,9-12,15H2,1H3. The van der Waals surface area contributed by atoms with E-state index in [0.29, 0.717) is 12.1 Å². The lowest BCUT2D eigenvalue weighted by Crippen LogP contribution is -2.43. The van der Waals surface area contributed by atoms with E-state index in [9.17, 15) is 13.2 Å². The van der Waals surface area contributed by atoms with Gasteiger partial charge in [0, 0.05) is 49.3 Å². The van der Waals surface area contributed by atoms with Crippen LogP contribution in [0.2, 0.25) is 0 Å². The number of piperazine rings is 1. The van der Waals surface area contributed by atoms with Crippen molar-refractivity contribution in [2.24, 2.45) is 0 Å². The van der Waals surface area contributed by atoms with Gasteiger partial charge in [-0.15, -0.1) is 18.7 Å². The van der Waals surface area contributed by atoms with Crippen LogP contribution in [-0.4, -0.2) is 47.7 Å². The van der Waals surface area contributed by atoms with Crippen LogP contribution in [0.3, 0.4) is 0 Å². The molecule has 9 nitrogen and oxygen atoms in total. The van der Waals surface area contributed by atoms with E-state index in [2.05, 4.69) is 54.9 Å². The van der Waals surface area contributed by atoms with Gasteiger partial charge in [-0.3, -0.25) is 5.01 Å². The van der Waals surface area contributed by atoms with Crippen molar-refractivity contribution in [2.45, 2.75) is 19.8 Å². The minimum atomic E-state index is -4.75. The third-order valence-corrected chi connectivity index (χ3v) is 5.67. The summed E-state index contributed by atoms with van der Waals surface area (Å²) in [7, 11) is 0. The van der Waals surface area contributed by atoms with E-state index in [-0.39, 0.29) is 17.6 Å². The second-order valence-electron chi connectivity index (χ2n) is 8.21.